The topological polar surface area (TPSA) is 83.1 Å². The van der Waals surface area contributed by atoms with E-state index in [1.54, 1.807) is 0 Å². The van der Waals surface area contributed by atoms with E-state index in [1.165, 1.54) is 37.7 Å². The van der Waals surface area contributed by atoms with Crippen molar-refractivity contribution < 1.29 is 19.4 Å². The van der Waals surface area contributed by atoms with Crippen molar-refractivity contribution in [3.63, 3.8) is 0 Å². The summed E-state index contributed by atoms with van der Waals surface area (Å²) in [6, 6.07) is 26.7. The Balaban J connectivity index is 1.44. The molecule has 42 heavy (non-hydrogen) atoms. The number of carbonyl (C=O) groups excluding carboxylic acids is 1. The molecule has 2 amide bonds. The molecule has 2 fully saturated rings. The number of aliphatic hydroxyl groups is 1. The molecule has 7 nitrogen and oxygen atoms in total. The number of likely N-dealkylation sites (tertiary alicyclic amines) is 1. The molecule has 1 unspecified atom stereocenters. The van der Waals surface area contributed by atoms with Gasteiger partial charge in [-0.3, -0.25) is 0 Å². The third-order valence-corrected chi connectivity index (χ3v) is 8.40. The van der Waals surface area contributed by atoms with Gasteiger partial charge in [0.2, 0.25) is 0 Å². The summed E-state index contributed by atoms with van der Waals surface area (Å²) in [5, 5.41) is 15.3. The quantitative estimate of drug-likeness (QED) is 0.285. The van der Waals surface area contributed by atoms with Crippen LogP contribution in [0.25, 0.3) is 0 Å². The maximum Gasteiger partial charge on any atom is 0.315 e. The molecular formula is C35H45N3O4. The predicted octanol–water partition coefficient (Wildman–Crippen LogP) is 6.20. The molecule has 2 aliphatic heterocycles. The molecule has 0 aromatic heterocycles. The molecule has 2 aliphatic rings. The van der Waals surface area contributed by atoms with Gasteiger partial charge >= 0.3 is 6.03 Å². The minimum absolute atomic E-state index is 0.00779. The number of amides is 2. The number of hydrogen-bond acceptors (Lipinski definition) is 5. The Hall–Kier alpha value is -3.23. The Morgan fingerprint density at radius 1 is 0.786 bits per heavy atom. The lowest BCUT2D eigenvalue weighted by Crippen LogP contribution is -2.45. The predicted molar refractivity (Wildman–Crippen MR) is 165 cm³/mol. The summed E-state index contributed by atoms with van der Waals surface area (Å²) in [6.45, 7) is 5.99. The molecule has 0 saturated carbocycles. The summed E-state index contributed by atoms with van der Waals surface area (Å²) >= 11 is 0. The number of nitrogens with one attached hydrogen (secondary N) is 2. The van der Waals surface area contributed by atoms with E-state index in [1.807, 2.05) is 43.3 Å². The van der Waals surface area contributed by atoms with Crippen molar-refractivity contribution >= 4 is 6.03 Å². The fourth-order valence-electron chi connectivity index (χ4n) is 6.11. The van der Waals surface area contributed by atoms with Crippen molar-refractivity contribution in [2.45, 2.75) is 76.6 Å². The molecule has 3 N–H and O–H groups in total. The highest BCUT2D eigenvalue weighted by molar-refractivity contribution is 5.73. The Morgan fingerprint density at radius 3 is 2.10 bits per heavy atom. The molecule has 0 radical (unpaired) electrons. The Morgan fingerprint density at radius 2 is 1.43 bits per heavy atom. The lowest BCUT2D eigenvalue weighted by Gasteiger charge is -2.44. The Kier molecular flexibility index (Phi) is 11.0. The van der Waals surface area contributed by atoms with Crippen LogP contribution in [0.4, 0.5) is 4.79 Å². The van der Waals surface area contributed by atoms with Crippen LogP contribution >= 0.6 is 0 Å². The first-order chi connectivity index (χ1) is 20.6. The van der Waals surface area contributed by atoms with E-state index in [0.29, 0.717) is 13.1 Å². The van der Waals surface area contributed by atoms with E-state index in [0.717, 1.165) is 41.9 Å². The average Bonchev–Trinajstić information content (AvgIpc) is 3.02. The standard InChI is InChI=1S/C35H45N3O4/c1-2-36-35(40)37-23-26-13-19-30(20-14-26)34-41-31(24-38-21-9-4-3-5-10-22-38)32(28-11-7-6-8-12-28)33(42-34)29-17-15-27(25-39)16-18-29/h6-8,11-20,31-34,39H,2-5,9-10,21-25H2,1H3,(H2,36,37,40)/t31-,32-,33+,34?/m1/s1. The van der Waals surface area contributed by atoms with Crippen LogP contribution in [0.3, 0.4) is 0 Å². The first-order valence-corrected chi connectivity index (χ1v) is 15.5. The third-order valence-electron chi connectivity index (χ3n) is 8.40. The van der Waals surface area contributed by atoms with Crippen molar-refractivity contribution in [3.05, 3.63) is 107 Å². The number of hydrogen-bond donors (Lipinski definition) is 3. The normalized spacial score (nSPS) is 23.5. The molecular weight excluding hydrogens is 526 g/mol. The van der Waals surface area contributed by atoms with Gasteiger partial charge in [0.25, 0.3) is 0 Å². The van der Waals surface area contributed by atoms with E-state index < -0.39 is 6.29 Å². The number of ether oxygens (including phenoxy) is 2. The zero-order chi connectivity index (χ0) is 29.1. The highest BCUT2D eigenvalue weighted by Gasteiger charge is 2.42. The SMILES string of the molecule is CCNC(=O)NCc1ccc(C2O[C@H](CN3CCCCCCC3)[C@@H](c3ccccc3)[C@H](c3ccc(CO)cc3)O2)cc1. The first-order valence-electron chi connectivity index (χ1n) is 15.5. The molecule has 0 spiro atoms. The van der Waals surface area contributed by atoms with Crippen LogP contribution in [-0.2, 0) is 22.6 Å². The van der Waals surface area contributed by atoms with Gasteiger partial charge in [-0.25, -0.2) is 4.79 Å². The van der Waals surface area contributed by atoms with Gasteiger partial charge in [0, 0.05) is 31.1 Å². The fraction of sp³-hybridized carbons (Fsp3) is 0.457. The smallest absolute Gasteiger partial charge is 0.315 e. The maximum absolute atomic E-state index is 11.8. The highest BCUT2D eigenvalue weighted by atomic mass is 16.7. The van der Waals surface area contributed by atoms with Crippen LogP contribution in [0.2, 0.25) is 0 Å². The molecule has 0 aliphatic carbocycles. The lowest BCUT2D eigenvalue weighted by atomic mass is 9.83. The van der Waals surface area contributed by atoms with Crippen molar-refractivity contribution in [1.82, 2.24) is 15.5 Å². The maximum atomic E-state index is 11.8. The molecule has 3 aromatic carbocycles. The molecule has 0 bridgehead atoms. The molecule has 224 valence electrons. The van der Waals surface area contributed by atoms with Crippen molar-refractivity contribution in [3.8, 4) is 0 Å². The average molecular weight is 572 g/mol. The third kappa shape index (κ3) is 7.98. The second-order valence-corrected chi connectivity index (χ2v) is 11.4. The molecule has 2 heterocycles. The van der Waals surface area contributed by atoms with Gasteiger partial charge in [-0.1, -0.05) is 98.1 Å². The number of aliphatic hydroxyl groups excluding tert-OH is 1. The van der Waals surface area contributed by atoms with Crippen LogP contribution < -0.4 is 10.6 Å². The van der Waals surface area contributed by atoms with E-state index >= 15 is 0 Å². The van der Waals surface area contributed by atoms with Crippen LogP contribution in [0.1, 0.15) is 85.2 Å². The zero-order valence-corrected chi connectivity index (χ0v) is 24.7. The number of benzene rings is 3. The van der Waals surface area contributed by atoms with Crippen LogP contribution in [0.5, 0.6) is 0 Å². The summed E-state index contributed by atoms with van der Waals surface area (Å²) < 4.78 is 13.7. The molecule has 2 saturated heterocycles. The fourth-order valence-corrected chi connectivity index (χ4v) is 6.11. The minimum Gasteiger partial charge on any atom is -0.392 e. The summed E-state index contributed by atoms with van der Waals surface area (Å²) in [5.41, 5.74) is 5.13. The lowest BCUT2D eigenvalue weighted by molar-refractivity contribution is -0.263. The van der Waals surface area contributed by atoms with E-state index in [4.69, 9.17) is 9.47 Å². The Bertz CT molecular complexity index is 1230. The van der Waals surface area contributed by atoms with E-state index in [9.17, 15) is 9.90 Å². The number of urea groups is 1. The Labute approximate surface area is 250 Å². The van der Waals surface area contributed by atoms with Gasteiger partial charge in [0.05, 0.1) is 18.8 Å². The molecule has 4 atom stereocenters. The minimum atomic E-state index is -0.530. The van der Waals surface area contributed by atoms with Crippen LogP contribution in [-0.4, -0.2) is 48.3 Å². The second kappa shape index (κ2) is 15.3. The number of rotatable bonds is 9. The monoisotopic (exact) mass is 571 g/mol. The zero-order valence-electron chi connectivity index (χ0n) is 24.7. The van der Waals surface area contributed by atoms with Crippen LogP contribution in [0, 0.1) is 0 Å². The van der Waals surface area contributed by atoms with Crippen molar-refractivity contribution in [2.75, 3.05) is 26.2 Å². The number of carbonyl (C=O) groups is 1. The van der Waals surface area contributed by atoms with Crippen molar-refractivity contribution in [2.24, 2.45) is 0 Å². The van der Waals surface area contributed by atoms with Gasteiger partial charge in [0.15, 0.2) is 6.29 Å². The summed E-state index contributed by atoms with van der Waals surface area (Å²) in [4.78, 5) is 14.4. The van der Waals surface area contributed by atoms with Crippen LogP contribution in [0.15, 0.2) is 78.9 Å². The summed E-state index contributed by atoms with van der Waals surface area (Å²) in [7, 11) is 0. The van der Waals surface area contributed by atoms with Gasteiger partial charge in [-0.2, -0.15) is 0 Å². The van der Waals surface area contributed by atoms with Crippen molar-refractivity contribution in [1.29, 1.82) is 0 Å². The van der Waals surface area contributed by atoms with E-state index in [-0.39, 0.29) is 30.8 Å². The second-order valence-electron chi connectivity index (χ2n) is 11.4. The molecule has 7 heteroatoms. The van der Waals surface area contributed by atoms with Gasteiger partial charge < -0.3 is 30.1 Å². The molecule has 3 aromatic rings. The first kappa shape index (κ1) is 30.2. The van der Waals surface area contributed by atoms with E-state index in [2.05, 4.69) is 58.0 Å². The van der Waals surface area contributed by atoms with Gasteiger partial charge in [-0.15, -0.1) is 0 Å². The highest BCUT2D eigenvalue weighted by Crippen LogP contribution is 2.47. The largest absolute Gasteiger partial charge is 0.392 e. The number of nitrogens with zero attached hydrogens (tertiary/aromatic N) is 1. The summed E-state index contributed by atoms with van der Waals surface area (Å²) in [5.74, 6) is 0.00779. The molecule has 5 rings (SSSR count). The van der Waals surface area contributed by atoms with Gasteiger partial charge in [0.1, 0.15) is 0 Å². The van der Waals surface area contributed by atoms with Gasteiger partial charge in [-0.05, 0) is 55.1 Å². The summed E-state index contributed by atoms with van der Waals surface area (Å²) in [6.07, 6.45) is 5.52.